The fraction of sp³-hybridized carbons (Fsp3) is 0.423. The van der Waals surface area contributed by atoms with Gasteiger partial charge in [-0.05, 0) is 30.7 Å². The van der Waals surface area contributed by atoms with Crippen LogP contribution in [0.25, 0.3) is 5.69 Å². The number of H-pyrrole nitrogens is 1. The molecule has 2 aromatic heterocycles. The first-order chi connectivity index (χ1) is 17.7. The van der Waals surface area contributed by atoms with E-state index in [1.54, 1.807) is 12.5 Å². The Labute approximate surface area is 216 Å². The molecule has 0 saturated heterocycles. The molecule has 0 aliphatic heterocycles. The van der Waals surface area contributed by atoms with Crippen molar-refractivity contribution < 1.29 is 23.9 Å². The van der Waals surface area contributed by atoms with E-state index in [-0.39, 0.29) is 12.4 Å². The van der Waals surface area contributed by atoms with Gasteiger partial charge in [-0.25, -0.2) is 9.78 Å². The Hall–Kier alpha value is -4.15. The van der Waals surface area contributed by atoms with Gasteiger partial charge < -0.3 is 24.7 Å². The predicted octanol–water partition coefficient (Wildman–Crippen LogP) is 3.88. The zero-order valence-corrected chi connectivity index (χ0v) is 21.6. The molecule has 0 spiro atoms. The number of rotatable bonds is 12. The van der Waals surface area contributed by atoms with Crippen LogP contribution in [0, 0.1) is 5.41 Å². The lowest BCUT2D eigenvalue weighted by molar-refractivity contribution is -0.136. The number of ether oxygens (including phenoxy) is 2. The van der Waals surface area contributed by atoms with E-state index in [1.807, 2.05) is 62.7 Å². The minimum atomic E-state index is -1.02. The summed E-state index contributed by atoms with van der Waals surface area (Å²) in [5.74, 6) is -0.700. The molecule has 3 rings (SSSR count). The number of unbranched alkanes of at least 4 members (excludes halogenated alkanes) is 1. The summed E-state index contributed by atoms with van der Waals surface area (Å²) in [6.07, 6.45) is 7.04. The van der Waals surface area contributed by atoms with E-state index in [2.05, 4.69) is 25.8 Å². The first kappa shape index (κ1) is 27.4. The van der Waals surface area contributed by atoms with Crippen LogP contribution in [0.5, 0.6) is 5.75 Å². The molecule has 2 atom stereocenters. The van der Waals surface area contributed by atoms with Crippen LogP contribution in [0.4, 0.5) is 10.6 Å². The average molecular weight is 511 g/mol. The normalized spacial score (nSPS) is 12.9. The molecule has 0 bridgehead atoms. The number of anilines is 1. The van der Waals surface area contributed by atoms with E-state index in [0.717, 1.165) is 12.1 Å². The Morgan fingerprint density at radius 3 is 2.46 bits per heavy atom. The number of imidazole rings is 1. The molecule has 11 heteroatoms. The lowest BCUT2D eigenvalue weighted by atomic mass is 9.89. The molecule has 37 heavy (non-hydrogen) atoms. The van der Waals surface area contributed by atoms with E-state index in [9.17, 15) is 14.4 Å². The molecule has 0 aliphatic rings. The molecular weight excluding hydrogens is 476 g/mol. The number of hydrogen-bond acceptors (Lipinski definition) is 7. The zero-order chi connectivity index (χ0) is 26.8. The molecule has 0 saturated carbocycles. The standard InChI is InChI=1S/C26H34N6O5/c1-5-6-7-20(23(33)24(34)30-22-12-13-28-31-22)29-25(35)37-21(26(2,3)4)16-36-19-10-8-18(9-11-19)32-15-14-27-17-32/h8-15,17,20-21H,5-7,16H2,1-4H3,(H,29,35)(H2,28,30,31,34)/t20-,21+/m0/s1. The summed E-state index contributed by atoms with van der Waals surface area (Å²) in [6, 6.07) is 7.95. The third-order valence-electron chi connectivity index (χ3n) is 5.68. The maximum Gasteiger partial charge on any atom is 0.408 e. The summed E-state index contributed by atoms with van der Waals surface area (Å²) in [5, 5.41) is 11.3. The molecule has 198 valence electrons. The minimum Gasteiger partial charge on any atom is -0.490 e. The topological polar surface area (TPSA) is 140 Å². The van der Waals surface area contributed by atoms with Crippen molar-refractivity contribution in [2.45, 2.75) is 59.1 Å². The monoisotopic (exact) mass is 510 g/mol. The fourth-order valence-corrected chi connectivity index (χ4v) is 3.41. The fourth-order valence-electron chi connectivity index (χ4n) is 3.41. The van der Waals surface area contributed by atoms with Crippen LogP contribution < -0.4 is 15.4 Å². The number of nitrogens with one attached hydrogen (secondary N) is 3. The quantitative estimate of drug-likeness (QED) is 0.314. The molecule has 0 aliphatic carbocycles. The number of carbonyl (C=O) groups excluding carboxylic acids is 3. The van der Waals surface area contributed by atoms with E-state index in [0.29, 0.717) is 18.6 Å². The van der Waals surface area contributed by atoms with Gasteiger partial charge in [0, 0.05) is 29.6 Å². The van der Waals surface area contributed by atoms with Gasteiger partial charge in [-0.1, -0.05) is 40.5 Å². The van der Waals surface area contributed by atoms with Crippen molar-refractivity contribution in [3.8, 4) is 11.4 Å². The summed E-state index contributed by atoms with van der Waals surface area (Å²) in [7, 11) is 0. The summed E-state index contributed by atoms with van der Waals surface area (Å²) in [5.41, 5.74) is 0.488. The molecule has 1 aromatic carbocycles. The number of alkyl carbamates (subject to hydrolysis) is 1. The minimum absolute atomic E-state index is 0.106. The number of ketones is 1. The number of aromatic amines is 1. The largest absolute Gasteiger partial charge is 0.490 e. The van der Waals surface area contributed by atoms with Gasteiger partial charge in [0.05, 0.1) is 12.5 Å². The summed E-state index contributed by atoms with van der Waals surface area (Å²) in [4.78, 5) is 42.0. The first-order valence-electron chi connectivity index (χ1n) is 12.2. The van der Waals surface area contributed by atoms with Crippen molar-refractivity contribution in [2.75, 3.05) is 11.9 Å². The Bertz CT molecular complexity index is 1140. The SMILES string of the molecule is CCCC[C@H](NC(=O)O[C@H](COc1ccc(-n2ccnc2)cc1)C(C)(C)C)C(=O)C(=O)Nc1ccn[nH]1. The molecule has 0 unspecified atom stereocenters. The molecular formula is C26H34N6O5. The third-order valence-corrected chi connectivity index (χ3v) is 5.68. The molecule has 11 nitrogen and oxygen atoms in total. The van der Waals surface area contributed by atoms with Crippen molar-refractivity contribution in [1.29, 1.82) is 0 Å². The lowest BCUT2D eigenvalue weighted by Crippen LogP contribution is -2.48. The highest BCUT2D eigenvalue weighted by Crippen LogP contribution is 2.24. The molecule has 2 heterocycles. The van der Waals surface area contributed by atoms with Crippen molar-refractivity contribution in [2.24, 2.45) is 5.41 Å². The number of carbonyl (C=O) groups is 3. The van der Waals surface area contributed by atoms with Crippen LogP contribution >= 0.6 is 0 Å². The summed E-state index contributed by atoms with van der Waals surface area (Å²) in [6.45, 7) is 7.84. The maximum absolute atomic E-state index is 12.8. The number of Topliss-reactive ketones (excluding diaryl/α,β-unsaturated/α-hetero) is 1. The van der Waals surface area contributed by atoms with E-state index in [1.165, 1.54) is 12.3 Å². The van der Waals surface area contributed by atoms with Crippen LogP contribution in [0.3, 0.4) is 0 Å². The lowest BCUT2D eigenvalue weighted by Gasteiger charge is -2.30. The molecule has 0 fully saturated rings. The summed E-state index contributed by atoms with van der Waals surface area (Å²) >= 11 is 0. The maximum atomic E-state index is 12.8. The Morgan fingerprint density at radius 1 is 1.11 bits per heavy atom. The van der Waals surface area contributed by atoms with Crippen LogP contribution in [-0.2, 0) is 14.3 Å². The van der Waals surface area contributed by atoms with Crippen molar-refractivity contribution >= 4 is 23.6 Å². The van der Waals surface area contributed by atoms with Gasteiger partial charge in [-0.2, -0.15) is 5.10 Å². The highest BCUT2D eigenvalue weighted by atomic mass is 16.6. The van der Waals surface area contributed by atoms with E-state index < -0.39 is 35.3 Å². The van der Waals surface area contributed by atoms with Gasteiger partial charge in [0.2, 0.25) is 5.78 Å². The van der Waals surface area contributed by atoms with Gasteiger partial charge >= 0.3 is 6.09 Å². The number of benzene rings is 1. The molecule has 3 aromatic rings. The smallest absolute Gasteiger partial charge is 0.408 e. The van der Waals surface area contributed by atoms with Crippen LogP contribution in [0.1, 0.15) is 47.0 Å². The number of nitrogens with zero attached hydrogens (tertiary/aromatic N) is 3. The van der Waals surface area contributed by atoms with Crippen molar-refractivity contribution in [3.05, 3.63) is 55.2 Å². The van der Waals surface area contributed by atoms with Crippen LogP contribution in [-0.4, -0.2) is 56.3 Å². The number of hydrogen-bond donors (Lipinski definition) is 3. The Balaban J connectivity index is 1.60. The average Bonchev–Trinajstić information content (AvgIpc) is 3.58. The van der Waals surface area contributed by atoms with Gasteiger partial charge in [-0.15, -0.1) is 0 Å². The van der Waals surface area contributed by atoms with E-state index >= 15 is 0 Å². The molecule has 0 radical (unpaired) electrons. The summed E-state index contributed by atoms with van der Waals surface area (Å²) < 4.78 is 13.5. The second-order valence-electron chi connectivity index (χ2n) is 9.66. The van der Waals surface area contributed by atoms with Crippen molar-refractivity contribution in [1.82, 2.24) is 25.1 Å². The Morgan fingerprint density at radius 2 is 1.86 bits per heavy atom. The second-order valence-corrected chi connectivity index (χ2v) is 9.66. The molecule has 3 N–H and O–H groups in total. The van der Waals surface area contributed by atoms with Gasteiger partial charge in [0.1, 0.15) is 30.3 Å². The number of aromatic nitrogens is 4. The van der Waals surface area contributed by atoms with Crippen LogP contribution in [0.2, 0.25) is 0 Å². The highest BCUT2D eigenvalue weighted by molar-refractivity contribution is 6.42. The van der Waals surface area contributed by atoms with Gasteiger partial charge in [0.25, 0.3) is 5.91 Å². The van der Waals surface area contributed by atoms with Crippen molar-refractivity contribution in [3.63, 3.8) is 0 Å². The second kappa shape index (κ2) is 12.7. The molecule has 2 amide bonds. The third kappa shape index (κ3) is 8.19. The Kier molecular flexibility index (Phi) is 9.42. The van der Waals surface area contributed by atoms with E-state index in [4.69, 9.17) is 9.47 Å². The van der Waals surface area contributed by atoms with Gasteiger partial charge in [-0.3, -0.25) is 14.7 Å². The van der Waals surface area contributed by atoms with Crippen LogP contribution in [0.15, 0.2) is 55.2 Å². The highest BCUT2D eigenvalue weighted by Gasteiger charge is 2.32. The predicted molar refractivity (Wildman–Crippen MR) is 137 cm³/mol. The first-order valence-corrected chi connectivity index (χ1v) is 12.2. The number of amides is 2. The zero-order valence-electron chi connectivity index (χ0n) is 21.6. The van der Waals surface area contributed by atoms with Gasteiger partial charge in [0.15, 0.2) is 0 Å².